The second kappa shape index (κ2) is 5.79. The Labute approximate surface area is 119 Å². The number of phenolic OH excluding ortho intramolecular Hbond substituents is 1. The van der Waals surface area contributed by atoms with Gasteiger partial charge in [-0.3, -0.25) is 0 Å². The summed E-state index contributed by atoms with van der Waals surface area (Å²) in [7, 11) is 0. The van der Waals surface area contributed by atoms with Crippen LogP contribution in [-0.2, 0) is 4.79 Å². The summed E-state index contributed by atoms with van der Waals surface area (Å²) in [6.07, 6.45) is 0. The number of halogens is 2. The van der Waals surface area contributed by atoms with E-state index in [2.05, 4.69) is 5.32 Å². The van der Waals surface area contributed by atoms with Gasteiger partial charge in [-0.25, -0.2) is 9.18 Å². The summed E-state index contributed by atoms with van der Waals surface area (Å²) in [5.74, 6) is -2.20. The second-order valence-electron chi connectivity index (χ2n) is 4.10. The smallest absolute Gasteiger partial charge is 0.330 e. The second-order valence-corrected chi connectivity index (χ2v) is 4.51. The number of carboxylic acids is 1. The number of benzene rings is 2. The quantitative estimate of drug-likeness (QED) is 0.808. The third kappa shape index (κ3) is 3.00. The molecule has 2 aromatic rings. The standard InChI is InChI=1S/C14H11ClFNO3/c15-10-3-1-2-4-11(10)17-13(14(19)20)9-7-8(16)5-6-12(9)18/h1-7,13,17-18H,(H,19,20). The maximum Gasteiger partial charge on any atom is 0.330 e. The van der Waals surface area contributed by atoms with Crippen LogP contribution in [0.25, 0.3) is 0 Å². The highest BCUT2D eigenvalue weighted by Crippen LogP contribution is 2.30. The van der Waals surface area contributed by atoms with Gasteiger partial charge in [-0.05, 0) is 30.3 Å². The maximum atomic E-state index is 13.2. The number of carboxylic acid groups (broad SMARTS) is 1. The number of aliphatic carboxylic acids is 1. The monoisotopic (exact) mass is 295 g/mol. The van der Waals surface area contributed by atoms with E-state index >= 15 is 0 Å². The normalized spacial score (nSPS) is 11.9. The first kappa shape index (κ1) is 14.1. The van der Waals surface area contributed by atoms with Crippen molar-refractivity contribution in [1.29, 1.82) is 0 Å². The lowest BCUT2D eigenvalue weighted by Gasteiger charge is -2.18. The minimum Gasteiger partial charge on any atom is -0.508 e. The third-order valence-electron chi connectivity index (χ3n) is 2.72. The van der Waals surface area contributed by atoms with E-state index in [9.17, 15) is 19.4 Å². The van der Waals surface area contributed by atoms with Gasteiger partial charge in [0.05, 0.1) is 10.7 Å². The molecule has 0 bridgehead atoms. The zero-order chi connectivity index (χ0) is 14.7. The van der Waals surface area contributed by atoms with Crippen LogP contribution in [-0.4, -0.2) is 16.2 Å². The summed E-state index contributed by atoms with van der Waals surface area (Å²) in [5, 5.41) is 22.0. The Morgan fingerprint density at radius 1 is 1.25 bits per heavy atom. The predicted octanol–water partition coefficient (Wildman–Crippen LogP) is 3.42. The molecule has 4 nitrogen and oxygen atoms in total. The van der Waals surface area contributed by atoms with E-state index in [0.29, 0.717) is 10.7 Å². The average Bonchev–Trinajstić information content (AvgIpc) is 2.40. The predicted molar refractivity (Wildman–Crippen MR) is 73.5 cm³/mol. The molecule has 0 saturated carbocycles. The minimum atomic E-state index is -1.31. The molecular formula is C14H11ClFNO3. The summed E-state index contributed by atoms with van der Waals surface area (Å²) in [4.78, 5) is 11.3. The van der Waals surface area contributed by atoms with Gasteiger partial charge in [-0.1, -0.05) is 23.7 Å². The van der Waals surface area contributed by atoms with E-state index in [-0.39, 0.29) is 11.3 Å². The lowest BCUT2D eigenvalue weighted by atomic mass is 10.1. The first-order valence-corrected chi connectivity index (χ1v) is 6.09. The maximum absolute atomic E-state index is 13.2. The van der Waals surface area contributed by atoms with Crippen LogP contribution in [0.1, 0.15) is 11.6 Å². The molecule has 0 heterocycles. The molecule has 0 aliphatic rings. The lowest BCUT2D eigenvalue weighted by Crippen LogP contribution is -2.21. The Balaban J connectivity index is 2.40. The molecular weight excluding hydrogens is 285 g/mol. The van der Waals surface area contributed by atoms with Crippen LogP contribution in [0.2, 0.25) is 5.02 Å². The van der Waals surface area contributed by atoms with Crippen LogP contribution < -0.4 is 5.32 Å². The molecule has 0 spiro atoms. The van der Waals surface area contributed by atoms with E-state index in [1.807, 2.05) is 0 Å². The number of aromatic hydroxyl groups is 1. The van der Waals surface area contributed by atoms with E-state index in [0.717, 1.165) is 18.2 Å². The molecule has 0 aliphatic carbocycles. The molecule has 6 heteroatoms. The Morgan fingerprint density at radius 3 is 2.60 bits per heavy atom. The fourth-order valence-corrected chi connectivity index (χ4v) is 1.95. The number of carbonyl (C=O) groups is 1. The van der Waals surface area contributed by atoms with Crippen molar-refractivity contribution < 1.29 is 19.4 Å². The van der Waals surface area contributed by atoms with Crippen molar-refractivity contribution in [3.8, 4) is 5.75 Å². The third-order valence-corrected chi connectivity index (χ3v) is 3.05. The van der Waals surface area contributed by atoms with E-state index in [4.69, 9.17) is 11.6 Å². The van der Waals surface area contributed by atoms with Crippen LogP contribution in [0.15, 0.2) is 42.5 Å². The number of rotatable bonds is 4. The average molecular weight is 296 g/mol. The molecule has 2 rings (SSSR count). The first-order chi connectivity index (χ1) is 9.49. The van der Waals surface area contributed by atoms with Gasteiger partial charge >= 0.3 is 5.97 Å². The van der Waals surface area contributed by atoms with Crippen molar-refractivity contribution in [2.45, 2.75) is 6.04 Å². The topological polar surface area (TPSA) is 69.6 Å². The van der Waals surface area contributed by atoms with Crippen molar-refractivity contribution in [3.63, 3.8) is 0 Å². The highest BCUT2D eigenvalue weighted by Gasteiger charge is 2.24. The van der Waals surface area contributed by atoms with Crippen LogP contribution in [0.4, 0.5) is 10.1 Å². The van der Waals surface area contributed by atoms with Gasteiger partial charge in [-0.15, -0.1) is 0 Å². The number of phenols is 1. The molecule has 1 unspecified atom stereocenters. The molecule has 3 N–H and O–H groups in total. The zero-order valence-electron chi connectivity index (χ0n) is 10.2. The number of nitrogens with one attached hydrogen (secondary N) is 1. The Hall–Kier alpha value is -2.27. The van der Waals surface area contributed by atoms with Gasteiger partial charge in [0.25, 0.3) is 0 Å². The number of anilines is 1. The van der Waals surface area contributed by atoms with Crippen LogP contribution in [0.5, 0.6) is 5.75 Å². The van der Waals surface area contributed by atoms with Crippen molar-refractivity contribution in [3.05, 3.63) is 58.9 Å². The molecule has 0 aromatic heterocycles. The summed E-state index contributed by atoms with van der Waals surface area (Å²) < 4.78 is 13.2. The molecule has 0 aliphatic heterocycles. The van der Waals surface area contributed by atoms with Crippen LogP contribution >= 0.6 is 11.6 Å². The van der Waals surface area contributed by atoms with Gasteiger partial charge in [-0.2, -0.15) is 0 Å². The van der Waals surface area contributed by atoms with Crippen molar-refractivity contribution in [2.24, 2.45) is 0 Å². The van der Waals surface area contributed by atoms with E-state index < -0.39 is 17.8 Å². The summed E-state index contributed by atoms with van der Waals surface area (Å²) >= 11 is 5.94. The molecule has 1 atom stereocenters. The van der Waals surface area contributed by atoms with Crippen molar-refractivity contribution >= 4 is 23.3 Å². The highest BCUT2D eigenvalue weighted by molar-refractivity contribution is 6.33. The van der Waals surface area contributed by atoms with Gasteiger partial charge in [0, 0.05) is 5.56 Å². The van der Waals surface area contributed by atoms with Gasteiger partial charge in [0.2, 0.25) is 0 Å². The molecule has 0 amide bonds. The Kier molecular flexibility index (Phi) is 4.10. The highest BCUT2D eigenvalue weighted by atomic mass is 35.5. The van der Waals surface area contributed by atoms with E-state index in [1.54, 1.807) is 24.3 Å². The first-order valence-electron chi connectivity index (χ1n) is 5.71. The fourth-order valence-electron chi connectivity index (χ4n) is 1.76. The van der Waals surface area contributed by atoms with Gasteiger partial charge in [0.1, 0.15) is 11.6 Å². The Bertz CT molecular complexity index is 648. The van der Waals surface area contributed by atoms with Gasteiger partial charge in [0.15, 0.2) is 6.04 Å². The molecule has 0 fully saturated rings. The summed E-state index contributed by atoms with van der Waals surface area (Å²) in [6, 6.07) is 8.37. The van der Waals surface area contributed by atoms with Crippen LogP contribution in [0.3, 0.4) is 0 Å². The number of para-hydroxylation sites is 1. The number of hydrogen-bond donors (Lipinski definition) is 3. The molecule has 104 valence electrons. The summed E-state index contributed by atoms with van der Waals surface area (Å²) in [5.41, 5.74) is 0.308. The largest absolute Gasteiger partial charge is 0.508 e. The minimum absolute atomic E-state index is 0.0718. The lowest BCUT2D eigenvalue weighted by molar-refractivity contribution is -0.138. The molecule has 0 radical (unpaired) electrons. The van der Waals surface area contributed by atoms with E-state index in [1.165, 1.54) is 0 Å². The fraction of sp³-hybridized carbons (Fsp3) is 0.0714. The van der Waals surface area contributed by atoms with Crippen molar-refractivity contribution in [2.75, 3.05) is 5.32 Å². The zero-order valence-corrected chi connectivity index (χ0v) is 10.9. The SMILES string of the molecule is O=C(O)C(Nc1ccccc1Cl)c1cc(F)ccc1O. The number of hydrogen-bond acceptors (Lipinski definition) is 3. The molecule has 2 aromatic carbocycles. The Morgan fingerprint density at radius 2 is 1.95 bits per heavy atom. The molecule has 20 heavy (non-hydrogen) atoms. The molecule has 0 saturated heterocycles. The van der Waals surface area contributed by atoms with Gasteiger partial charge < -0.3 is 15.5 Å². The van der Waals surface area contributed by atoms with Crippen molar-refractivity contribution in [1.82, 2.24) is 0 Å². The summed E-state index contributed by atoms with van der Waals surface area (Å²) in [6.45, 7) is 0. The van der Waals surface area contributed by atoms with Crippen LogP contribution in [0, 0.1) is 5.82 Å².